The van der Waals surface area contributed by atoms with Crippen LogP contribution in [-0.4, -0.2) is 40.0 Å². The van der Waals surface area contributed by atoms with Gasteiger partial charge < -0.3 is 14.3 Å². The number of pyridine rings is 3. The van der Waals surface area contributed by atoms with Crippen LogP contribution in [0.4, 0.5) is 5.82 Å². The molecule has 9 heteroatoms. The minimum absolute atomic E-state index is 0.185. The van der Waals surface area contributed by atoms with E-state index in [0.717, 1.165) is 16.8 Å². The molecule has 0 aromatic carbocycles. The molecule has 0 bridgehead atoms. The Hall–Kier alpha value is -4.40. The van der Waals surface area contributed by atoms with E-state index in [0.29, 0.717) is 34.5 Å². The van der Waals surface area contributed by atoms with Crippen molar-refractivity contribution in [1.82, 2.24) is 34.1 Å². The van der Waals surface area contributed by atoms with Crippen LogP contribution in [0.3, 0.4) is 0 Å². The summed E-state index contributed by atoms with van der Waals surface area (Å²) in [6.07, 6.45) is 11.5. The summed E-state index contributed by atoms with van der Waals surface area (Å²) < 4.78 is 3.79. The number of amides is 1. The van der Waals surface area contributed by atoms with Gasteiger partial charge in [0.1, 0.15) is 23.5 Å². The van der Waals surface area contributed by atoms with E-state index >= 15 is 0 Å². The van der Waals surface area contributed by atoms with Crippen LogP contribution < -0.4 is 5.32 Å². The van der Waals surface area contributed by atoms with Gasteiger partial charge in [-0.05, 0) is 51.0 Å². The van der Waals surface area contributed by atoms with Crippen molar-refractivity contribution in [3.05, 3.63) is 78.8 Å². The summed E-state index contributed by atoms with van der Waals surface area (Å²) in [4.78, 5) is 27.0. The van der Waals surface area contributed by atoms with E-state index in [9.17, 15) is 4.79 Å². The first-order valence-corrected chi connectivity index (χ1v) is 11.7. The van der Waals surface area contributed by atoms with Crippen molar-refractivity contribution in [2.24, 2.45) is 0 Å². The zero-order valence-corrected chi connectivity index (χ0v) is 19.5. The second-order valence-corrected chi connectivity index (χ2v) is 9.06. The van der Waals surface area contributed by atoms with Gasteiger partial charge >= 0.3 is 0 Å². The Labute approximate surface area is 201 Å². The first-order chi connectivity index (χ1) is 17.1. The number of nitrogens with one attached hydrogen (secondary N) is 1. The number of fused-ring (bicyclic) bond motifs is 1. The molecular formula is C26H24N8O. The molecule has 174 valence electrons. The number of nitrogens with zero attached hydrogens (tertiary/aromatic N) is 7. The smallest absolute Gasteiger partial charge is 0.260 e. The zero-order valence-electron chi connectivity index (χ0n) is 19.5. The fourth-order valence-corrected chi connectivity index (χ4v) is 4.17. The topological polar surface area (TPSA) is 103 Å². The molecule has 5 heterocycles. The summed E-state index contributed by atoms with van der Waals surface area (Å²) >= 11 is 0. The Morgan fingerprint density at radius 3 is 2.77 bits per heavy atom. The largest absolute Gasteiger partial charge is 0.310 e. The molecule has 5 aromatic rings. The van der Waals surface area contributed by atoms with E-state index in [1.54, 1.807) is 18.6 Å². The summed E-state index contributed by atoms with van der Waals surface area (Å²) in [5.74, 6) is 1.38. The summed E-state index contributed by atoms with van der Waals surface area (Å²) in [6, 6.07) is 11.6. The van der Waals surface area contributed by atoms with E-state index in [4.69, 9.17) is 0 Å². The number of hydrogen-bond acceptors (Lipinski definition) is 6. The second-order valence-electron chi connectivity index (χ2n) is 9.06. The lowest BCUT2D eigenvalue weighted by Gasteiger charge is -2.11. The lowest BCUT2D eigenvalue weighted by molar-refractivity contribution is 0.102. The lowest BCUT2D eigenvalue weighted by Crippen LogP contribution is -2.15. The highest BCUT2D eigenvalue weighted by molar-refractivity contribution is 6.08. The van der Waals surface area contributed by atoms with Crippen LogP contribution in [-0.2, 0) is 0 Å². The maximum atomic E-state index is 13.4. The molecule has 1 saturated carbocycles. The van der Waals surface area contributed by atoms with Gasteiger partial charge in [0.15, 0.2) is 5.82 Å². The first-order valence-electron chi connectivity index (χ1n) is 11.7. The number of aromatic nitrogens is 7. The zero-order chi connectivity index (χ0) is 23.9. The summed E-state index contributed by atoms with van der Waals surface area (Å²) in [7, 11) is 0. The van der Waals surface area contributed by atoms with Crippen LogP contribution in [0.25, 0.3) is 28.3 Å². The van der Waals surface area contributed by atoms with Gasteiger partial charge in [0.05, 0.1) is 5.56 Å². The van der Waals surface area contributed by atoms with Gasteiger partial charge in [0.2, 0.25) is 0 Å². The molecule has 5 aromatic heterocycles. The average Bonchev–Trinajstić information content (AvgIpc) is 3.39. The third kappa shape index (κ3) is 4.05. The van der Waals surface area contributed by atoms with Gasteiger partial charge in [0, 0.05) is 53.6 Å². The van der Waals surface area contributed by atoms with Gasteiger partial charge in [-0.25, -0.2) is 9.97 Å². The van der Waals surface area contributed by atoms with Crippen LogP contribution in [0.1, 0.15) is 54.7 Å². The van der Waals surface area contributed by atoms with Crippen LogP contribution >= 0.6 is 0 Å². The third-order valence-electron chi connectivity index (χ3n) is 6.20. The molecule has 0 spiro atoms. The highest BCUT2D eigenvalue weighted by Gasteiger charge is 2.24. The molecule has 35 heavy (non-hydrogen) atoms. The van der Waals surface area contributed by atoms with Gasteiger partial charge in [-0.1, -0.05) is 12.1 Å². The predicted octanol–water partition coefficient (Wildman–Crippen LogP) is 4.76. The molecule has 1 aliphatic rings. The maximum Gasteiger partial charge on any atom is 0.260 e. The Bertz CT molecular complexity index is 1530. The normalized spacial score (nSPS) is 13.5. The van der Waals surface area contributed by atoms with Crippen LogP contribution in [0.15, 0.2) is 67.5 Å². The molecule has 6 rings (SSSR count). The summed E-state index contributed by atoms with van der Waals surface area (Å²) in [6.45, 7) is 4.10. The maximum absolute atomic E-state index is 13.4. The molecule has 9 nitrogen and oxygen atoms in total. The molecule has 1 fully saturated rings. The van der Waals surface area contributed by atoms with Gasteiger partial charge in [-0.3, -0.25) is 9.78 Å². The Morgan fingerprint density at radius 2 is 2.00 bits per heavy atom. The highest BCUT2D eigenvalue weighted by Crippen LogP contribution is 2.39. The molecular weight excluding hydrogens is 440 g/mol. The fourth-order valence-electron chi connectivity index (χ4n) is 4.17. The fraction of sp³-hybridized carbons (Fsp3) is 0.231. The first kappa shape index (κ1) is 21.2. The Kier molecular flexibility index (Phi) is 5.09. The van der Waals surface area contributed by atoms with E-state index in [2.05, 4.69) is 56.4 Å². The number of carbonyl (C=O) groups excluding carboxylic acids is 1. The standard InChI is InChI=1S/C26H24N8O/c1-16(2)34-15-29-32-25(34)22-4-3-5-23(30-22)31-26(35)20-12-19(14-33-11-10-27-24(20)33)18-8-9-21(28-13-18)17-6-7-17/h3-5,8-17H,6-7H2,1-2H3,(H,30,31,35). The van der Waals surface area contributed by atoms with E-state index in [1.165, 1.54) is 12.8 Å². The average molecular weight is 465 g/mol. The second kappa shape index (κ2) is 8.43. The van der Waals surface area contributed by atoms with Gasteiger partial charge in [-0.2, -0.15) is 0 Å². The molecule has 0 atom stereocenters. The molecule has 1 N–H and O–H groups in total. The van der Waals surface area contributed by atoms with Crippen molar-refractivity contribution in [2.75, 3.05) is 5.32 Å². The van der Waals surface area contributed by atoms with E-state index in [1.807, 2.05) is 45.8 Å². The summed E-state index contributed by atoms with van der Waals surface area (Å²) in [5, 5.41) is 11.1. The molecule has 0 unspecified atom stereocenters. The van der Waals surface area contributed by atoms with Crippen molar-refractivity contribution in [3.8, 4) is 22.6 Å². The number of carbonyl (C=O) groups is 1. The van der Waals surface area contributed by atoms with E-state index in [-0.39, 0.29) is 11.9 Å². The minimum atomic E-state index is -0.291. The minimum Gasteiger partial charge on any atom is -0.310 e. The van der Waals surface area contributed by atoms with E-state index < -0.39 is 0 Å². The number of imidazole rings is 1. The third-order valence-corrected chi connectivity index (χ3v) is 6.20. The van der Waals surface area contributed by atoms with Crippen molar-refractivity contribution in [1.29, 1.82) is 0 Å². The molecule has 0 radical (unpaired) electrons. The molecule has 0 aliphatic heterocycles. The Balaban J connectivity index is 1.32. The van der Waals surface area contributed by atoms with Crippen molar-refractivity contribution in [3.63, 3.8) is 0 Å². The van der Waals surface area contributed by atoms with Crippen molar-refractivity contribution >= 4 is 17.4 Å². The Morgan fingerprint density at radius 1 is 1.11 bits per heavy atom. The van der Waals surface area contributed by atoms with Crippen molar-refractivity contribution in [2.45, 2.75) is 38.6 Å². The molecule has 0 saturated heterocycles. The van der Waals surface area contributed by atoms with Crippen LogP contribution in [0.2, 0.25) is 0 Å². The lowest BCUT2D eigenvalue weighted by atomic mass is 10.1. The SMILES string of the molecule is CC(C)n1cnnc1-c1cccc(NC(=O)c2cc(-c3ccc(C4CC4)nc3)cn3ccnc23)n1. The number of hydrogen-bond donors (Lipinski definition) is 1. The number of anilines is 1. The van der Waals surface area contributed by atoms with Gasteiger partial charge in [0.25, 0.3) is 5.91 Å². The van der Waals surface area contributed by atoms with Crippen LogP contribution in [0.5, 0.6) is 0 Å². The molecule has 1 aliphatic carbocycles. The molecule has 1 amide bonds. The van der Waals surface area contributed by atoms with Crippen LogP contribution in [0, 0.1) is 0 Å². The number of rotatable bonds is 6. The van der Waals surface area contributed by atoms with Crippen molar-refractivity contribution < 1.29 is 4.79 Å². The monoisotopic (exact) mass is 464 g/mol. The van der Waals surface area contributed by atoms with Gasteiger partial charge in [-0.15, -0.1) is 10.2 Å². The predicted molar refractivity (Wildman–Crippen MR) is 132 cm³/mol. The summed E-state index contributed by atoms with van der Waals surface area (Å²) in [5.41, 5.74) is 4.64. The quantitative estimate of drug-likeness (QED) is 0.389. The highest BCUT2D eigenvalue weighted by atomic mass is 16.1.